The van der Waals surface area contributed by atoms with E-state index in [0.29, 0.717) is 11.7 Å². The van der Waals surface area contributed by atoms with Crippen LogP contribution in [0.2, 0.25) is 0 Å². The lowest BCUT2D eigenvalue weighted by Gasteiger charge is -2.14. The molecule has 1 aromatic rings. The molecule has 0 aliphatic heterocycles. The van der Waals surface area contributed by atoms with Crippen LogP contribution in [0.1, 0.15) is 31.5 Å². The molecule has 0 saturated carbocycles. The third kappa shape index (κ3) is 3.03. The van der Waals surface area contributed by atoms with E-state index in [1.165, 1.54) is 13.1 Å². The Morgan fingerprint density at radius 1 is 1.56 bits per heavy atom. The first kappa shape index (κ1) is 13.1. The van der Waals surface area contributed by atoms with Crippen molar-refractivity contribution in [3.63, 3.8) is 0 Å². The first-order chi connectivity index (χ1) is 7.36. The van der Waals surface area contributed by atoms with Gasteiger partial charge in [-0.1, -0.05) is 0 Å². The third-order valence-electron chi connectivity index (χ3n) is 2.14. The van der Waals surface area contributed by atoms with E-state index in [2.05, 4.69) is 9.71 Å². The van der Waals surface area contributed by atoms with Gasteiger partial charge < -0.3 is 9.52 Å². The van der Waals surface area contributed by atoms with Crippen LogP contribution in [0.25, 0.3) is 0 Å². The smallest absolute Gasteiger partial charge is 0.217 e. The van der Waals surface area contributed by atoms with Gasteiger partial charge in [0.25, 0.3) is 0 Å². The molecule has 1 heterocycles. The summed E-state index contributed by atoms with van der Waals surface area (Å²) in [6.07, 6.45) is 1.52. The van der Waals surface area contributed by atoms with Crippen molar-refractivity contribution in [3.8, 4) is 0 Å². The van der Waals surface area contributed by atoms with Gasteiger partial charge in [-0.15, -0.1) is 0 Å². The molecule has 0 bridgehead atoms. The van der Waals surface area contributed by atoms with E-state index in [4.69, 9.17) is 9.52 Å². The van der Waals surface area contributed by atoms with E-state index in [9.17, 15) is 8.42 Å². The quantitative estimate of drug-likeness (QED) is 0.784. The number of aliphatic hydroxyl groups excluding tert-OH is 1. The number of sulfonamides is 1. The molecule has 0 radical (unpaired) electrons. The molecule has 2 atom stereocenters. The van der Waals surface area contributed by atoms with Crippen molar-refractivity contribution in [1.29, 1.82) is 0 Å². The van der Waals surface area contributed by atoms with Crippen LogP contribution in [-0.4, -0.2) is 30.4 Å². The minimum Gasteiger partial charge on any atom is -0.444 e. The highest BCUT2D eigenvalue weighted by Crippen LogP contribution is 2.14. The Bertz CT molecular complexity index is 440. The van der Waals surface area contributed by atoms with E-state index in [1.807, 2.05) is 0 Å². The Hall–Kier alpha value is -0.920. The lowest BCUT2D eigenvalue weighted by atomic mass is 10.4. The average Bonchev–Trinajstić information content (AvgIpc) is 2.63. The van der Waals surface area contributed by atoms with Gasteiger partial charge in [0.05, 0.1) is 24.1 Å². The number of aromatic nitrogens is 1. The molecule has 0 fully saturated rings. The van der Waals surface area contributed by atoms with E-state index in [0.717, 1.165) is 0 Å². The Kier molecular flexibility index (Phi) is 4.06. The number of nitrogens with one attached hydrogen (secondary N) is 1. The van der Waals surface area contributed by atoms with Gasteiger partial charge in [-0.05, 0) is 20.8 Å². The van der Waals surface area contributed by atoms with Crippen LogP contribution in [0.15, 0.2) is 10.6 Å². The number of hydrogen-bond acceptors (Lipinski definition) is 5. The SMILES string of the molecule is Cc1cnc(C(C)NS(=O)(=O)C(C)CO)o1. The first-order valence-electron chi connectivity index (χ1n) is 4.91. The summed E-state index contributed by atoms with van der Waals surface area (Å²) in [5, 5.41) is 7.94. The number of aliphatic hydroxyl groups is 1. The monoisotopic (exact) mass is 248 g/mol. The standard InChI is InChI=1S/C9H16N2O4S/c1-6-4-10-9(15-6)8(3)11-16(13,14)7(2)5-12/h4,7-8,11-12H,5H2,1-3H3. The van der Waals surface area contributed by atoms with E-state index in [1.54, 1.807) is 13.8 Å². The van der Waals surface area contributed by atoms with Crippen LogP contribution in [0.4, 0.5) is 0 Å². The van der Waals surface area contributed by atoms with Crippen molar-refractivity contribution in [2.75, 3.05) is 6.61 Å². The zero-order valence-corrected chi connectivity index (χ0v) is 10.3. The topological polar surface area (TPSA) is 92.4 Å². The summed E-state index contributed by atoms with van der Waals surface area (Å²) in [4.78, 5) is 3.93. The number of oxazole rings is 1. The molecule has 0 amide bonds. The van der Waals surface area contributed by atoms with E-state index in [-0.39, 0.29) is 0 Å². The second-order valence-electron chi connectivity index (χ2n) is 3.69. The van der Waals surface area contributed by atoms with Crippen LogP contribution in [-0.2, 0) is 10.0 Å². The van der Waals surface area contributed by atoms with Crippen LogP contribution in [0.3, 0.4) is 0 Å². The maximum absolute atomic E-state index is 11.6. The molecule has 16 heavy (non-hydrogen) atoms. The van der Waals surface area contributed by atoms with Crippen molar-refractivity contribution in [1.82, 2.24) is 9.71 Å². The lowest BCUT2D eigenvalue weighted by molar-refractivity contribution is 0.294. The minimum absolute atomic E-state index is 0.311. The van der Waals surface area contributed by atoms with Gasteiger partial charge in [0, 0.05) is 0 Å². The summed E-state index contributed by atoms with van der Waals surface area (Å²) in [6, 6.07) is -0.548. The Labute approximate surface area is 94.7 Å². The summed E-state index contributed by atoms with van der Waals surface area (Å²) in [5.41, 5.74) is 0. The van der Waals surface area contributed by atoms with E-state index < -0.39 is 27.9 Å². The highest BCUT2D eigenvalue weighted by Gasteiger charge is 2.24. The van der Waals surface area contributed by atoms with Crippen LogP contribution in [0.5, 0.6) is 0 Å². The molecule has 1 aromatic heterocycles. The second-order valence-corrected chi connectivity index (χ2v) is 5.82. The fraction of sp³-hybridized carbons (Fsp3) is 0.667. The molecule has 7 heteroatoms. The van der Waals surface area contributed by atoms with Gasteiger partial charge in [-0.2, -0.15) is 0 Å². The molecule has 0 aliphatic rings. The van der Waals surface area contributed by atoms with Crippen LogP contribution in [0, 0.1) is 6.92 Å². The Balaban J connectivity index is 2.75. The molecular weight excluding hydrogens is 232 g/mol. The number of hydrogen-bond donors (Lipinski definition) is 2. The van der Waals surface area contributed by atoms with Gasteiger partial charge in [0.2, 0.25) is 15.9 Å². The molecular formula is C9H16N2O4S. The molecule has 2 unspecified atom stereocenters. The molecule has 0 saturated heterocycles. The zero-order valence-electron chi connectivity index (χ0n) is 9.47. The molecule has 2 N–H and O–H groups in total. The highest BCUT2D eigenvalue weighted by molar-refractivity contribution is 7.90. The molecule has 6 nitrogen and oxygen atoms in total. The minimum atomic E-state index is -3.55. The van der Waals surface area contributed by atoms with Crippen molar-refractivity contribution >= 4 is 10.0 Å². The molecule has 0 spiro atoms. The Morgan fingerprint density at radius 3 is 2.62 bits per heavy atom. The predicted octanol–water partition coefficient (Wildman–Crippen LogP) is 0.344. The van der Waals surface area contributed by atoms with Gasteiger partial charge in [-0.3, -0.25) is 0 Å². The van der Waals surface area contributed by atoms with Gasteiger partial charge in [-0.25, -0.2) is 18.1 Å². The van der Waals surface area contributed by atoms with Crippen LogP contribution >= 0.6 is 0 Å². The molecule has 92 valence electrons. The third-order valence-corrected chi connectivity index (χ3v) is 4.03. The van der Waals surface area contributed by atoms with Gasteiger partial charge in [0.1, 0.15) is 5.76 Å². The van der Waals surface area contributed by atoms with Crippen molar-refractivity contribution in [3.05, 3.63) is 17.8 Å². The molecule has 0 aromatic carbocycles. The molecule has 0 aliphatic carbocycles. The normalized spacial score (nSPS) is 16.0. The fourth-order valence-electron chi connectivity index (χ4n) is 1.08. The number of aryl methyl sites for hydroxylation is 1. The maximum Gasteiger partial charge on any atom is 0.217 e. The number of nitrogens with zero attached hydrogens (tertiary/aromatic N) is 1. The maximum atomic E-state index is 11.6. The van der Waals surface area contributed by atoms with Crippen molar-refractivity contribution in [2.24, 2.45) is 0 Å². The van der Waals surface area contributed by atoms with Crippen molar-refractivity contribution < 1.29 is 17.9 Å². The zero-order chi connectivity index (χ0) is 12.3. The molecule has 1 rings (SSSR count). The first-order valence-corrected chi connectivity index (χ1v) is 6.45. The summed E-state index contributed by atoms with van der Waals surface area (Å²) < 4.78 is 30.8. The largest absolute Gasteiger partial charge is 0.444 e. The highest BCUT2D eigenvalue weighted by atomic mass is 32.2. The lowest BCUT2D eigenvalue weighted by Crippen LogP contribution is -2.36. The van der Waals surface area contributed by atoms with E-state index >= 15 is 0 Å². The average molecular weight is 248 g/mol. The summed E-state index contributed by atoms with van der Waals surface area (Å²) in [5.74, 6) is 0.933. The van der Waals surface area contributed by atoms with Gasteiger partial charge in [0.15, 0.2) is 0 Å². The summed E-state index contributed by atoms with van der Waals surface area (Å²) in [7, 11) is -3.55. The van der Waals surface area contributed by atoms with Crippen LogP contribution < -0.4 is 4.72 Å². The fourth-order valence-corrected chi connectivity index (χ4v) is 2.11. The summed E-state index contributed by atoms with van der Waals surface area (Å²) >= 11 is 0. The Morgan fingerprint density at radius 2 is 2.19 bits per heavy atom. The van der Waals surface area contributed by atoms with Gasteiger partial charge >= 0.3 is 0 Å². The summed E-state index contributed by atoms with van der Waals surface area (Å²) in [6.45, 7) is 4.36. The number of rotatable bonds is 5. The predicted molar refractivity (Wildman–Crippen MR) is 58.3 cm³/mol. The second kappa shape index (κ2) is 4.94. The van der Waals surface area contributed by atoms with Crippen molar-refractivity contribution in [2.45, 2.75) is 32.1 Å².